The zero-order chi connectivity index (χ0) is 22.0. The van der Waals surface area contributed by atoms with Gasteiger partial charge in [-0.3, -0.25) is 0 Å². The molecule has 0 saturated heterocycles. The molecule has 1 aliphatic rings. The van der Waals surface area contributed by atoms with Gasteiger partial charge in [0.05, 0.1) is 0 Å². The Hall–Kier alpha value is -3.78. The molecule has 0 aliphatic carbocycles. The normalized spacial score (nSPS) is 12.5. The average molecular weight is 431 g/mol. The molecule has 6 rings (SSSR count). The van der Waals surface area contributed by atoms with Crippen LogP contribution in [0.3, 0.4) is 0 Å². The highest BCUT2D eigenvalue weighted by molar-refractivity contribution is 5.83. The van der Waals surface area contributed by atoms with Gasteiger partial charge in [-0.2, -0.15) is 0 Å². The van der Waals surface area contributed by atoms with Crippen molar-refractivity contribution in [2.75, 3.05) is 6.79 Å². The van der Waals surface area contributed by atoms with Gasteiger partial charge in [-0.05, 0) is 81.6 Å². The van der Waals surface area contributed by atoms with E-state index in [9.17, 15) is 0 Å². The van der Waals surface area contributed by atoms with E-state index in [0.717, 1.165) is 37.2 Å². The third-order valence-electron chi connectivity index (χ3n) is 6.69. The second-order valence-corrected chi connectivity index (χ2v) is 8.84. The number of ether oxygens (including phenoxy) is 2. The summed E-state index contributed by atoms with van der Waals surface area (Å²) in [6.07, 6.45) is 3.99. The number of benzene rings is 5. The molecule has 33 heavy (non-hydrogen) atoms. The summed E-state index contributed by atoms with van der Waals surface area (Å²) in [6, 6.07) is 35.1. The van der Waals surface area contributed by atoms with Crippen molar-refractivity contribution >= 4 is 21.5 Å². The second-order valence-electron chi connectivity index (χ2n) is 8.84. The van der Waals surface area contributed by atoms with Crippen molar-refractivity contribution in [1.29, 1.82) is 0 Å². The Bertz CT molecular complexity index is 1340. The lowest BCUT2D eigenvalue weighted by atomic mass is 9.94. The van der Waals surface area contributed by atoms with Crippen LogP contribution in [0.4, 0.5) is 0 Å². The van der Waals surface area contributed by atoms with Crippen LogP contribution in [0.2, 0.25) is 0 Å². The zero-order valence-electron chi connectivity index (χ0n) is 18.6. The molecular weight excluding hydrogens is 404 g/mol. The molecule has 162 valence electrons. The summed E-state index contributed by atoms with van der Waals surface area (Å²) in [5, 5.41) is 5.19. The van der Waals surface area contributed by atoms with Gasteiger partial charge in [0.2, 0.25) is 6.79 Å². The molecular formula is C31H26O2. The summed E-state index contributed by atoms with van der Waals surface area (Å²) in [6.45, 7) is 0.313. The minimum Gasteiger partial charge on any atom is -0.454 e. The van der Waals surface area contributed by atoms with Crippen LogP contribution in [0.25, 0.3) is 21.5 Å². The van der Waals surface area contributed by atoms with Gasteiger partial charge in [-0.1, -0.05) is 84.9 Å². The molecule has 0 fully saturated rings. The quantitative estimate of drug-likeness (QED) is 0.281. The van der Waals surface area contributed by atoms with E-state index in [1.54, 1.807) is 0 Å². The average Bonchev–Trinajstić information content (AvgIpc) is 3.33. The van der Waals surface area contributed by atoms with E-state index >= 15 is 0 Å². The monoisotopic (exact) mass is 430 g/mol. The Morgan fingerprint density at radius 1 is 0.455 bits per heavy atom. The van der Waals surface area contributed by atoms with E-state index < -0.39 is 0 Å². The molecule has 0 saturated carbocycles. The van der Waals surface area contributed by atoms with Gasteiger partial charge in [-0.15, -0.1) is 0 Å². The molecule has 0 bridgehead atoms. The fourth-order valence-corrected chi connectivity index (χ4v) is 4.84. The lowest BCUT2D eigenvalue weighted by molar-refractivity contribution is 0.174. The van der Waals surface area contributed by atoms with Crippen molar-refractivity contribution in [3.8, 4) is 11.5 Å². The molecule has 1 aliphatic heterocycles. The fourth-order valence-electron chi connectivity index (χ4n) is 4.84. The second kappa shape index (κ2) is 8.63. The number of fused-ring (bicyclic) bond motifs is 3. The predicted octanol–water partition coefficient (Wildman–Crippen LogP) is 7.29. The Morgan fingerprint density at radius 3 is 1.39 bits per heavy atom. The molecule has 5 aromatic carbocycles. The third-order valence-corrected chi connectivity index (χ3v) is 6.69. The first-order valence-electron chi connectivity index (χ1n) is 11.7. The highest BCUT2D eigenvalue weighted by Crippen LogP contribution is 2.36. The van der Waals surface area contributed by atoms with Gasteiger partial charge < -0.3 is 9.47 Å². The van der Waals surface area contributed by atoms with Crippen molar-refractivity contribution in [1.82, 2.24) is 0 Å². The van der Waals surface area contributed by atoms with Crippen molar-refractivity contribution in [3.63, 3.8) is 0 Å². The molecule has 1 heterocycles. The van der Waals surface area contributed by atoms with Crippen molar-refractivity contribution in [2.24, 2.45) is 0 Å². The summed E-state index contributed by atoms with van der Waals surface area (Å²) in [4.78, 5) is 0. The molecule has 0 spiro atoms. The number of rotatable bonds is 6. The zero-order valence-corrected chi connectivity index (χ0v) is 18.6. The molecule has 2 heteroatoms. The Balaban J connectivity index is 1.24. The van der Waals surface area contributed by atoms with Crippen molar-refractivity contribution in [2.45, 2.75) is 25.7 Å². The summed E-state index contributed by atoms with van der Waals surface area (Å²) in [5.41, 5.74) is 5.44. The van der Waals surface area contributed by atoms with Gasteiger partial charge in [-0.25, -0.2) is 0 Å². The van der Waals surface area contributed by atoms with Crippen LogP contribution in [0.1, 0.15) is 22.3 Å². The van der Waals surface area contributed by atoms with E-state index in [0.29, 0.717) is 6.79 Å². The van der Waals surface area contributed by atoms with Crippen LogP contribution in [0, 0.1) is 0 Å². The maximum Gasteiger partial charge on any atom is 0.231 e. The van der Waals surface area contributed by atoms with E-state index in [1.165, 1.54) is 43.8 Å². The minimum absolute atomic E-state index is 0.313. The Labute approximate surface area is 194 Å². The standard InChI is InChI=1S/C31H26O2/c1-3-7-26-17-22(9-13-24(26)5-1)11-15-28-19-30-31(33-21-32-30)20-29(28)16-12-23-10-14-25-6-2-4-8-27(25)18-23/h1-10,13-14,17-20H,11-12,15-16,21H2. The maximum absolute atomic E-state index is 5.69. The molecule has 0 N–H and O–H groups in total. The molecule has 0 atom stereocenters. The van der Waals surface area contributed by atoms with Crippen molar-refractivity contribution < 1.29 is 9.47 Å². The minimum atomic E-state index is 0.313. The molecule has 0 unspecified atom stereocenters. The van der Waals surface area contributed by atoms with Gasteiger partial charge in [0, 0.05) is 0 Å². The van der Waals surface area contributed by atoms with Crippen LogP contribution in [0.15, 0.2) is 97.1 Å². The first-order valence-corrected chi connectivity index (χ1v) is 11.7. The van der Waals surface area contributed by atoms with Crippen LogP contribution < -0.4 is 9.47 Å². The largest absolute Gasteiger partial charge is 0.454 e. The van der Waals surface area contributed by atoms with E-state index in [1.807, 2.05) is 0 Å². The maximum atomic E-state index is 5.69. The third kappa shape index (κ3) is 4.17. The van der Waals surface area contributed by atoms with Gasteiger partial charge >= 0.3 is 0 Å². The summed E-state index contributed by atoms with van der Waals surface area (Å²) < 4.78 is 11.4. The van der Waals surface area contributed by atoms with Gasteiger partial charge in [0.1, 0.15) is 0 Å². The number of aryl methyl sites for hydroxylation is 4. The number of hydrogen-bond donors (Lipinski definition) is 0. The lowest BCUT2D eigenvalue weighted by Gasteiger charge is -2.12. The summed E-state index contributed by atoms with van der Waals surface area (Å²) in [5.74, 6) is 1.75. The highest BCUT2D eigenvalue weighted by atomic mass is 16.7. The summed E-state index contributed by atoms with van der Waals surface area (Å²) >= 11 is 0. The van der Waals surface area contributed by atoms with Gasteiger partial charge in [0.25, 0.3) is 0 Å². The van der Waals surface area contributed by atoms with E-state index in [2.05, 4.69) is 97.1 Å². The fraction of sp³-hybridized carbons (Fsp3) is 0.161. The number of hydrogen-bond acceptors (Lipinski definition) is 2. The van der Waals surface area contributed by atoms with Crippen LogP contribution in [-0.2, 0) is 25.7 Å². The Kier molecular flexibility index (Phi) is 5.20. The first kappa shape index (κ1) is 19.9. The lowest BCUT2D eigenvalue weighted by Crippen LogP contribution is -2.00. The molecule has 0 amide bonds. The SMILES string of the molecule is c1ccc2cc(CCc3cc4c(cc3CCc3ccc5ccccc5c3)OCO4)ccc2c1. The van der Waals surface area contributed by atoms with E-state index in [-0.39, 0.29) is 0 Å². The molecule has 2 nitrogen and oxygen atoms in total. The first-order chi connectivity index (χ1) is 16.3. The topological polar surface area (TPSA) is 18.5 Å². The molecule has 0 aromatic heterocycles. The molecule has 0 radical (unpaired) electrons. The van der Waals surface area contributed by atoms with Crippen LogP contribution in [0.5, 0.6) is 11.5 Å². The van der Waals surface area contributed by atoms with Crippen LogP contribution >= 0.6 is 0 Å². The van der Waals surface area contributed by atoms with E-state index in [4.69, 9.17) is 9.47 Å². The van der Waals surface area contributed by atoms with Crippen molar-refractivity contribution in [3.05, 3.63) is 119 Å². The highest BCUT2D eigenvalue weighted by Gasteiger charge is 2.17. The Morgan fingerprint density at radius 2 is 0.909 bits per heavy atom. The van der Waals surface area contributed by atoms with Crippen LogP contribution in [-0.4, -0.2) is 6.79 Å². The molecule has 5 aromatic rings. The predicted molar refractivity (Wildman–Crippen MR) is 135 cm³/mol. The smallest absolute Gasteiger partial charge is 0.231 e. The van der Waals surface area contributed by atoms with Gasteiger partial charge in [0.15, 0.2) is 11.5 Å². The summed E-state index contributed by atoms with van der Waals surface area (Å²) in [7, 11) is 0.